The number of benzene rings is 1. The quantitative estimate of drug-likeness (QED) is 0.221. The lowest BCUT2D eigenvalue weighted by Crippen LogP contribution is -2.60. The number of hydrogen-bond acceptors (Lipinski definition) is 6. The molecular weight excluding hydrogens is 432 g/mol. The van der Waals surface area contributed by atoms with Crippen LogP contribution in [0.2, 0.25) is 0 Å². The van der Waals surface area contributed by atoms with E-state index in [0.29, 0.717) is 19.6 Å². The highest BCUT2D eigenvalue weighted by molar-refractivity contribution is 6.17. The topological polar surface area (TPSA) is 76.2 Å². The first-order valence-corrected chi connectivity index (χ1v) is 12.2. The summed E-state index contributed by atoms with van der Waals surface area (Å²) in [7, 11) is 0. The van der Waals surface area contributed by atoms with E-state index >= 15 is 0 Å². The molecule has 0 unspecified atom stereocenters. The van der Waals surface area contributed by atoms with Crippen molar-refractivity contribution in [3.05, 3.63) is 47.5 Å². The minimum absolute atomic E-state index is 0.0140. The maximum Gasteiger partial charge on any atom is 0.345 e. The predicted octanol–water partition coefficient (Wildman–Crippen LogP) is 4.11. The number of amides is 1. The zero-order valence-electron chi connectivity index (χ0n) is 21.6. The molecule has 1 aliphatic rings. The molecule has 0 aliphatic carbocycles. The minimum atomic E-state index is -0.854. The fourth-order valence-electron chi connectivity index (χ4n) is 4.77. The van der Waals surface area contributed by atoms with E-state index in [1.807, 2.05) is 30.3 Å². The first-order valence-electron chi connectivity index (χ1n) is 12.2. The third-order valence-corrected chi connectivity index (χ3v) is 6.42. The molecule has 34 heavy (non-hydrogen) atoms. The molecule has 1 fully saturated rings. The average molecular weight is 473 g/mol. The molecule has 7 heteroatoms. The molecule has 0 saturated carbocycles. The zero-order chi connectivity index (χ0) is 25.4. The molecule has 1 amide bonds. The Labute approximate surface area is 204 Å². The summed E-state index contributed by atoms with van der Waals surface area (Å²) in [5.74, 6) is -2.13. The van der Waals surface area contributed by atoms with Crippen LogP contribution in [0.4, 0.5) is 0 Å². The van der Waals surface area contributed by atoms with Crippen LogP contribution in [0.15, 0.2) is 42.0 Å². The maximum absolute atomic E-state index is 13.4. The molecule has 0 radical (unpaired) electrons. The van der Waals surface area contributed by atoms with Crippen molar-refractivity contribution >= 4 is 17.8 Å². The standard InChI is InChI=1S/C27H40N2O5/c1-7-33-24(31)22(25(32)34-8-2)19-23(30)28(20-21-13-10-9-11-14-21)17-18-29-26(3,4)15-12-16-27(29,5)6/h9-11,13-14,19H,7-8,12,15-18,20H2,1-6H3. The third kappa shape index (κ3) is 7.42. The second-order valence-electron chi connectivity index (χ2n) is 9.87. The first kappa shape index (κ1) is 27.6. The molecule has 0 aromatic heterocycles. The fourth-order valence-corrected chi connectivity index (χ4v) is 4.77. The number of ether oxygens (including phenoxy) is 2. The number of nitrogens with zero attached hydrogens (tertiary/aromatic N) is 2. The van der Waals surface area contributed by atoms with Crippen molar-refractivity contribution in [1.29, 1.82) is 0 Å². The molecule has 1 aromatic carbocycles. The van der Waals surface area contributed by atoms with Gasteiger partial charge in [0.1, 0.15) is 5.57 Å². The van der Waals surface area contributed by atoms with Crippen LogP contribution in [-0.2, 0) is 30.4 Å². The lowest BCUT2D eigenvalue weighted by atomic mass is 9.80. The number of esters is 2. The molecule has 1 heterocycles. The molecule has 0 spiro atoms. The summed E-state index contributed by atoms with van der Waals surface area (Å²) in [5.41, 5.74) is 0.612. The number of carbonyl (C=O) groups excluding carboxylic acids is 3. The van der Waals surface area contributed by atoms with Crippen molar-refractivity contribution in [1.82, 2.24) is 9.80 Å². The Morgan fingerprint density at radius 2 is 1.47 bits per heavy atom. The van der Waals surface area contributed by atoms with Gasteiger partial charge in [-0.1, -0.05) is 30.3 Å². The highest BCUT2D eigenvalue weighted by Gasteiger charge is 2.41. The van der Waals surface area contributed by atoms with Gasteiger partial charge < -0.3 is 14.4 Å². The monoisotopic (exact) mass is 472 g/mol. The Balaban J connectivity index is 2.33. The van der Waals surface area contributed by atoms with Gasteiger partial charge in [-0.25, -0.2) is 9.59 Å². The van der Waals surface area contributed by atoms with Gasteiger partial charge in [-0.3, -0.25) is 9.69 Å². The molecular formula is C27H40N2O5. The van der Waals surface area contributed by atoms with Crippen molar-refractivity contribution in [3.8, 4) is 0 Å². The molecule has 1 saturated heterocycles. The molecule has 0 bridgehead atoms. The lowest BCUT2D eigenvalue weighted by Gasteiger charge is -2.53. The van der Waals surface area contributed by atoms with Crippen LogP contribution >= 0.6 is 0 Å². The van der Waals surface area contributed by atoms with E-state index in [1.54, 1.807) is 18.7 Å². The summed E-state index contributed by atoms with van der Waals surface area (Å²) in [5, 5.41) is 0. The molecule has 0 N–H and O–H groups in total. The van der Waals surface area contributed by atoms with Crippen LogP contribution < -0.4 is 0 Å². The Hall–Kier alpha value is -2.67. The van der Waals surface area contributed by atoms with Crippen LogP contribution in [0.5, 0.6) is 0 Å². The van der Waals surface area contributed by atoms with Gasteiger partial charge in [0.2, 0.25) is 5.91 Å². The Kier molecular flexibility index (Phi) is 9.86. The molecule has 7 nitrogen and oxygen atoms in total. The van der Waals surface area contributed by atoms with E-state index in [0.717, 1.165) is 24.5 Å². The first-order chi connectivity index (χ1) is 16.0. The maximum atomic E-state index is 13.4. The number of carbonyl (C=O) groups is 3. The van der Waals surface area contributed by atoms with E-state index in [4.69, 9.17) is 9.47 Å². The smallest absolute Gasteiger partial charge is 0.345 e. The summed E-state index contributed by atoms with van der Waals surface area (Å²) in [6.07, 6.45) is 4.43. The molecule has 1 aromatic rings. The van der Waals surface area contributed by atoms with Crippen molar-refractivity contribution in [2.24, 2.45) is 0 Å². The van der Waals surface area contributed by atoms with Crippen molar-refractivity contribution < 1.29 is 23.9 Å². The van der Waals surface area contributed by atoms with Gasteiger partial charge in [-0.15, -0.1) is 0 Å². The lowest BCUT2D eigenvalue weighted by molar-refractivity contribution is -0.147. The summed E-state index contributed by atoms with van der Waals surface area (Å²) >= 11 is 0. The summed E-state index contributed by atoms with van der Waals surface area (Å²) in [6.45, 7) is 14.0. The van der Waals surface area contributed by atoms with E-state index in [9.17, 15) is 14.4 Å². The highest BCUT2D eigenvalue weighted by atomic mass is 16.6. The number of hydrogen-bond donors (Lipinski definition) is 0. The van der Waals surface area contributed by atoms with Gasteiger partial charge in [0.25, 0.3) is 0 Å². The summed E-state index contributed by atoms with van der Waals surface area (Å²) < 4.78 is 9.99. The Bertz CT molecular complexity index is 840. The normalized spacial score (nSPS) is 16.9. The van der Waals surface area contributed by atoms with Gasteiger partial charge in [0.05, 0.1) is 13.2 Å². The molecule has 188 valence electrons. The van der Waals surface area contributed by atoms with Crippen LogP contribution in [0.1, 0.15) is 66.4 Å². The average Bonchev–Trinajstić information content (AvgIpc) is 2.76. The SMILES string of the molecule is CCOC(=O)C(=CC(=O)N(CCN1C(C)(C)CCCC1(C)C)Cc1ccccc1)C(=O)OCC. The fraction of sp³-hybridized carbons (Fsp3) is 0.593. The summed E-state index contributed by atoms with van der Waals surface area (Å²) in [6, 6.07) is 9.68. The van der Waals surface area contributed by atoms with E-state index < -0.39 is 17.8 Å². The number of likely N-dealkylation sites (tertiary alicyclic amines) is 1. The van der Waals surface area contributed by atoms with E-state index in [-0.39, 0.29) is 29.9 Å². The second-order valence-corrected chi connectivity index (χ2v) is 9.87. The van der Waals surface area contributed by atoms with Crippen LogP contribution in [0, 0.1) is 0 Å². The largest absolute Gasteiger partial charge is 0.462 e. The third-order valence-electron chi connectivity index (χ3n) is 6.42. The van der Waals surface area contributed by atoms with Gasteiger partial charge in [-0.05, 0) is 66.4 Å². The van der Waals surface area contributed by atoms with Crippen LogP contribution in [-0.4, -0.2) is 65.0 Å². The van der Waals surface area contributed by atoms with E-state index in [1.165, 1.54) is 6.42 Å². The van der Waals surface area contributed by atoms with E-state index in [2.05, 4.69) is 32.6 Å². The second kappa shape index (κ2) is 12.2. The van der Waals surface area contributed by atoms with Crippen molar-refractivity contribution in [2.75, 3.05) is 26.3 Å². The van der Waals surface area contributed by atoms with Crippen molar-refractivity contribution in [2.45, 2.75) is 78.4 Å². The molecule has 1 aliphatic heterocycles. The summed E-state index contributed by atoms with van der Waals surface area (Å²) in [4.78, 5) is 42.3. The predicted molar refractivity (Wildman–Crippen MR) is 132 cm³/mol. The highest BCUT2D eigenvalue weighted by Crippen LogP contribution is 2.37. The minimum Gasteiger partial charge on any atom is -0.462 e. The van der Waals surface area contributed by atoms with Crippen molar-refractivity contribution in [3.63, 3.8) is 0 Å². The van der Waals surface area contributed by atoms with Gasteiger partial charge in [0, 0.05) is 36.8 Å². The molecule has 0 atom stereocenters. The number of piperidine rings is 1. The van der Waals surface area contributed by atoms with Gasteiger partial charge in [-0.2, -0.15) is 0 Å². The Morgan fingerprint density at radius 3 is 1.97 bits per heavy atom. The number of rotatable bonds is 10. The Morgan fingerprint density at radius 1 is 0.941 bits per heavy atom. The van der Waals surface area contributed by atoms with Gasteiger partial charge >= 0.3 is 11.9 Å². The zero-order valence-corrected chi connectivity index (χ0v) is 21.6. The van der Waals surface area contributed by atoms with Crippen LogP contribution in [0.3, 0.4) is 0 Å². The van der Waals surface area contributed by atoms with Gasteiger partial charge in [0.15, 0.2) is 0 Å². The molecule has 2 rings (SSSR count). The van der Waals surface area contributed by atoms with Crippen LogP contribution in [0.25, 0.3) is 0 Å².